The van der Waals surface area contributed by atoms with Crippen molar-refractivity contribution in [1.29, 1.82) is 5.26 Å². The van der Waals surface area contributed by atoms with Crippen LogP contribution in [0.4, 0.5) is 11.5 Å². The Morgan fingerprint density at radius 1 is 1.05 bits per heavy atom. The number of fused-ring (bicyclic) bond motifs is 1. The number of para-hydroxylation sites is 1. The molecule has 5 rings (SSSR count). The summed E-state index contributed by atoms with van der Waals surface area (Å²) in [5.74, 6) is 1.52. The Labute approximate surface area is 242 Å². The van der Waals surface area contributed by atoms with Crippen molar-refractivity contribution in [2.24, 2.45) is 0 Å². The molecule has 1 aromatic heterocycles. The molecule has 1 amide bonds. The van der Waals surface area contributed by atoms with E-state index < -0.39 is 0 Å². The third kappa shape index (κ3) is 7.77. The van der Waals surface area contributed by atoms with Crippen LogP contribution in [-0.4, -0.2) is 92.8 Å². The lowest BCUT2D eigenvalue weighted by molar-refractivity contribution is -0.126. The standard InChI is InChI=1S/C22H26ClN5O3.C5H11N.C2H3N/c1-4-19(29)26-10-12-27(13-11-26)21-15-8-9-28(14-17(15)24-22(25-21)31-3)18-7-5-6-16(23)20(18)30-2;1-6-4-2-3-5-6;1-2-3/h4-7H,1,8-14H2,2-3H3;2-5H2,1H3;1H3. The van der Waals surface area contributed by atoms with Crippen molar-refractivity contribution in [2.75, 3.05) is 76.9 Å². The molecule has 0 radical (unpaired) electrons. The molecular weight excluding hydrogens is 530 g/mol. The van der Waals surface area contributed by atoms with Gasteiger partial charge in [0.25, 0.3) is 0 Å². The fourth-order valence-electron chi connectivity index (χ4n) is 5.04. The molecule has 0 saturated carbocycles. The number of ether oxygens (including phenoxy) is 2. The lowest BCUT2D eigenvalue weighted by Gasteiger charge is -2.38. The maximum Gasteiger partial charge on any atom is 0.318 e. The van der Waals surface area contributed by atoms with Gasteiger partial charge in [0.05, 0.1) is 43.2 Å². The van der Waals surface area contributed by atoms with Crippen molar-refractivity contribution in [3.63, 3.8) is 0 Å². The van der Waals surface area contributed by atoms with Gasteiger partial charge >= 0.3 is 6.01 Å². The number of carbonyl (C=O) groups is 1. The van der Waals surface area contributed by atoms with Crippen LogP contribution in [0.25, 0.3) is 0 Å². The molecule has 0 aliphatic carbocycles. The van der Waals surface area contributed by atoms with E-state index in [1.54, 1.807) is 20.3 Å². The maximum absolute atomic E-state index is 11.9. The molecule has 1 aromatic carbocycles. The topological polar surface area (TPSA) is 98.1 Å². The third-order valence-electron chi connectivity index (χ3n) is 7.09. The first-order valence-corrected chi connectivity index (χ1v) is 13.9. The predicted molar refractivity (Wildman–Crippen MR) is 158 cm³/mol. The van der Waals surface area contributed by atoms with E-state index in [4.69, 9.17) is 26.3 Å². The van der Waals surface area contributed by atoms with Crippen molar-refractivity contribution in [1.82, 2.24) is 19.8 Å². The summed E-state index contributed by atoms with van der Waals surface area (Å²) < 4.78 is 10.9. The van der Waals surface area contributed by atoms with E-state index in [2.05, 4.69) is 38.3 Å². The Kier molecular flexibility index (Phi) is 11.8. The van der Waals surface area contributed by atoms with Gasteiger partial charge in [-0.2, -0.15) is 15.2 Å². The number of benzene rings is 1. The molecule has 0 N–H and O–H groups in total. The van der Waals surface area contributed by atoms with Gasteiger partial charge in [0.15, 0.2) is 5.75 Å². The molecule has 0 unspecified atom stereocenters. The number of hydrogen-bond acceptors (Lipinski definition) is 9. The Morgan fingerprint density at radius 2 is 1.73 bits per heavy atom. The number of piperazine rings is 1. The van der Waals surface area contributed by atoms with E-state index in [-0.39, 0.29) is 5.91 Å². The molecule has 216 valence electrons. The monoisotopic (exact) mass is 569 g/mol. The molecule has 3 aliphatic rings. The number of halogens is 1. The molecule has 10 nitrogen and oxygen atoms in total. The maximum atomic E-state index is 11.9. The summed E-state index contributed by atoms with van der Waals surface area (Å²) in [6, 6.07) is 7.84. The zero-order valence-corrected chi connectivity index (χ0v) is 24.8. The molecule has 40 heavy (non-hydrogen) atoms. The fourth-order valence-corrected chi connectivity index (χ4v) is 5.29. The van der Waals surface area contributed by atoms with E-state index in [0.29, 0.717) is 49.5 Å². The van der Waals surface area contributed by atoms with E-state index in [1.165, 1.54) is 38.9 Å². The largest absolute Gasteiger partial charge is 0.493 e. The summed E-state index contributed by atoms with van der Waals surface area (Å²) in [5.41, 5.74) is 3.00. The van der Waals surface area contributed by atoms with Crippen molar-refractivity contribution in [3.8, 4) is 17.8 Å². The van der Waals surface area contributed by atoms with Gasteiger partial charge in [-0.15, -0.1) is 0 Å². The number of carbonyl (C=O) groups excluding carboxylic acids is 1. The molecular formula is C29H40ClN7O3. The van der Waals surface area contributed by atoms with Crippen LogP contribution in [0.1, 0.15) is 31.0 Å². The van der Waals surface area contributed by atoms with Crippen molar-refractivity contribution in [3.05, 3.63) is 47.1 Å². The second-order valence-electron chi connectivity index (χ2n) is 9.67. The highest BCUT2D eigenvalue weighted by Gasteiger charge is 2.29. The Balaban J connectivity index is 0.000000421. The Morgan fingerprint density at radius 3 is 2.27 bits per heavy atom. The second kappa shape index (κ2) is 15.3. The Bertz CT molecular complexity index is 1190. The zero-order chi connectivity index (χ0) is 29.1. The number of hydrogen-bond donors (Lipinski definition) is 0. The van der Waals surface area contributed by atoms with E-state index in [9.17, 15) is 4.79 Å². The van der Waals surface area contributed by atoms with Gasteiger partial charge in [-0.1, -0.05) is 24.2 Å². The van der Waals surface area contributed by atoms with Crippen LogP contribution in [0.5, 0.6) is 11.8 Å². The van der Waals surface area contributed by atoms with Crippen LogP contribution in [0.3, 0.4) is 0 Å². The van der Waals surface area contributed by atoms with Gasteiger partial charge in [0.2, 0.25) is 5.91 Å². The molecule has 0 spiro atoms. The smallest absolute Gasteiger partial charge is 0.318 e. The zero-order valence-electron chi connectivity index (χ0n) is 24.0. The van der Waals surface area contributed by atoms with E-state index >= 15 is 0 Å². The van der Waals surface area contributed by atoms with Gasteiger partial charge in [-0.05, 0) is 57.6 Å². The molecule has 3 aliphatic heterocycles. The summed E-state index contributed by atoms with van der Waals surface area (Å²) in [5, 5.41) is 7.90. The highest BCUT2D eigenvalue weighted by atomic mass is 35.5. The number of anilines is 2. The van der Waals surface area contributed by atoms with E-state index in [0.717, 1.165) is 35.7 Å². The highest BCUT2D eigenvalue weighted by Crippen LogP contribution is 2.38. The number of amides is 1. The normalized spacial score (nSPS) is 16.4. The lowest BCUT2D eigenvalue weighted by atomic mass is 10.0. The summed E-state index contributed by atoms with van der Waals surface area (Å²) in [6.45, 7) is 11.7. The van der Waals surface area contributed by atoms with Crippen molar-refractivity contribution >= 4 is 29.0 Å². The number of likely N-dealkylation sites (tertiary alicyclic amines) is 1. The van der Waals surface area contributed by atoms with Crippen LogP contribution in [0.15, 0.2) is 30.9 Å². The molecule has 4 heterocycles. The van der Waals surface area contributed by atoms with Crippen LogP contribution < -0.4 is 19.3 Å². The summed E-state index contributed by atoms with van der Waals surface area (Å²) >= 11 is 6.33. The molecule has 11 heteroatoms. The molecule has 2 aromatic rings. The van der Waals surface area contributed by atoms with Gasteiger partial charge in [0, 0.05) is 45.2 Å². The Hall–Kier alpha value is -3.55. The number of nitrogens with zero attached hydrogens (tertiary/aromatic N) is 7. The SMILES string of the molecule is C=CC(=O)N1CCN(c2nc(OC)nc3c2CCN(c2cccc(Cl)c2OC)C3)CC1.CC#N.CN1CCCC1. The van der Waals surface area contributed by atoms with Crippen LogP contribution in [-0.2, 0) is 17.8 Å². The van der Waals surface area contributed by atoms with E-state index in [1.807, 2.05) is 23.1 Å². The second-order valence-corrected chi connectivity index (χ2v) is 10.1. The van der Waals surface area contributed by atoms with Crippen LogP contribution >= 0.6 is 11.6 Å². The lowest BCUT2D eigenvalue weighted by Crippen LogP contribution is -2.49. The number of aromatic nitrogens is 2. The predicted octanol–water partition coefficient (Wildman–Crippen LogP) is 3.79. The summed E-state index contributed by atoms with van der Waals surface area (Å²) in [7, 11) is 5.38. The first kappa shape index (κ1) is 31.0. The first-order valence-electron chi connectivity index (χ1n) is 13.5. The molecule has 2 fully saturated rings. The fraction of sp³-hybridized carbons (Fsp3) is 0.517. The quantitative estimate of drug-likeness (QED) is 0.498. The molecule has 2 saturated heterocycles. The average Bonchev–Trinajstić information content (AvgIpc) is 3.47. The van der Waals surface area contributed by atoms with Gasteiger partial charge in [0.1, 0.15) is 5.82 Å². The summed E-state index contributed by atoms with van der Waals surface area (Å²) in [6.07, 6.45) is 4.98. The van der Waals surface area contributed by atoms with Gasteiger partial charge in [-0.3, -0.25) is 4.79 Å². The summed E-state index contributed by atoms with van der Waals surface area (Å²) in [4.78, 5) is 29.8. The molecule has 0 bridgehead atoms. The first-order chi connectivity index (χ1) is 19.4. The number of methoxy groups -OCH3 is 2. The minimum atomic E-state index is -0.0342. The average molecular weight is 570 g/mol. The van der Waals surface area contributed by atoms with Crippen molar-refractivity contribution in [2.45, 2.75) is 32.7 Å². The van der Waals surface area contributed by atoms with Gasteiger partial charge in [-0.25, -0.2) is 0 Å². The van der Waals surface area contributed by atoms with Gasteiger partial charge < -0.3 is 29.1 Å². The third-order valence-corrected chi connectivity index (χ3v) is 7.39. The minimum absolute atomic E-state index is 0.0342. The van der Waals surface area contributed by atoms with Crippen LogP contribution in [0, 0.1) is 11.3 Å². The number of rotatable bonds is 5. The number of nitriles is 1. The highest BCUT2D eigenvalue weighted by molar-refractivity contribution is 6.32. The minimum Gasteiger partial charge on any atom is -0.493 e. The molecule has 0 atom stereocenters. The van der Waals surface area contributed by atoms with Crippen molar-refractivity contribution < 1.29 is 14.3 Å². The van der Waals surface area contributed by atoms with Crippen LogP contribution in [0.2, 0.25) is 5.02 Å².